The van der Waals surface area contributed by atoms with Crippen molar-refractivity contribution < 1.29 is 24.5 Å². The lowest BCUT2D eigenvalue weighted by Crippen LogP contribution is -2.33. The van der Waals surface area contributed by atoms with Crippen molar-refractivity contribution in [3.8, 4) is 28.6 Å². The van der Waals surface area contributed by atoms with Crippen molar-refractivity contribution in [2.45, 2.75) is 11.3 Å². The fourth-order valence-electron chi connectivity index (χ4n) is 2.96. The van der Waals surface area contributed by atoms with E-state index in [1.165, 1.54) is 23.9 Å². The molecule has 1 heterocycles. The molecule has 10 nitrogen and oxygen atoms in total. The summed E-state index contributed by atoms with van der Waals surface area (Å²) in [7, 11) is 1.85. The summed E-state index contributed by atoms with van der Waals surface area (Å²) < 4.78 is 12.9. The van der Waals surface area contributed by atoms with Gasteiger partial charge in [0.05, 0.1) is 5.56 Å². The number of rotatable bonds is 12. The smallest absolute Gasteiger partial charge is 0.252 e. The molecule has 33 heavy (non-hydrogen) atoms. The van der Waals surface area contributed by atoms with Crippen LogP contribution in [0, 0.1) is 0 Å². The fourth-order valence-corrected chi connectivity index (χ4v) is 3.34. The van der Waals surface area contributed by atoms with Crippen molar-refractivity contribution in [2.75, 3.05) is 32.6 Å². The molecule has 0 fully saturated rings. The van der Waals surface area contributed by atoms with Gasteiger partial charge in [-0.1, -0.05) is 11.8 Å². The minimum absolute atomic E-state index is 0.00218. The molecular weight excluding hydrogens is 446 g/mol. The van der Waals surface area contributed by atoms with E-state index in [9.17, 15) is 15.0 Å². The van der Waals surface area contributed by atoms with Gasteiger partial charge in [0.1, 0.15) is 36.6 Å². The number of primary amides is 1. The SMILES string of the molecule is CSc1nc(-c2ccc(OCC(O)CNCCOc3ccc(O)c(C(N)=O)c3)cc2)n(C)n1. The third-order valence-corrected chi connectivity index (χ3v) is 5.18. The molecule has 11 heteroatoms. The molecule has 0 aliphatic carbocycles. The molecular formula is C22H27N5O5S. The molecule has 1 atom stereocenters. The molecule has 1 amide bonds. The van der Waals surface area contributed by atoms with E-state index in [2.05, 4.69) is 15.4 Å². The van der Waals surface area contributed by atoms with Crippen LogP contribution in [0.3, 0.4) is 0 Å². The number of aromatic hydroxyl groups is 1. The number of aryl methyl sites for hydroxylation is 1. The van der Waals surface area contributed by atoms with E-state index in [0.717, 1.165) is 11.4 Å². The van der Waals surface area contributed by atoms with Crippen molar-refractivity contribution >= 4 is 17.7 Å². The van der Waals surface area contributed by atoms with E-state index in [1.807, 2.05) is 37.6 Å². The van der Waals surface area contributed by atoms with Gasteiger partial charge in [-0.2, -0.15) is 0 Å². The highest BCUT2D eigenvalue weighted by Crippen LogP contribution is 2.23. The summed E-state index contributed by atoms with van der Waals surface area (Å²) in [6, 6.07) is 11.7. The van der Waals surface area contributed by atoms with Crippen molar-refractivity contribution in [1.29, 1.82) is 0 Å². The molecule has 1 unspecified atom stereocenters. The number of aromatic nitrogens is 3. The Morgan fingerprint density at radius 3 is 2.61 bits per heavy atom. The maximum Gasteiger partial charge on any atom is 0.252 e. The van der Waals surface area contributed by atoms with Crippen LogP contribution >= 0.6 is 11.8 Å². The Morgan fingerprint density at radius 1 is 1.21 bits per heavy atom. The number of ether oxygens (including phenoxy) is 2. The number of aliphatic hydroxyl groups excluding tert-OH is 1. The first-order chi connectivity index (χ1) is 15.9. The first-order valence-corrected chi connectivity index (χ1v) is 11.4. The highest BCUT2D eigenvalue weighted by molar-refractivity contribution is 7.98. The largest absolute Gasteiger partial charge is 0.507 e. The lowest BCUT2D eigenvalue weighted by Gasteiger charge is -2.14. The molecule has 0 aliphatic heterocycles. The Hall–Kier alpha value is -3.28. The molecule has 3 aromatic rings. The van der Waals surface area contributed by atoms with Gasteiger partial charge in [-0.25, -0.2) is 9.67 Å². The number of nitrogens with one attached hydrogen (secondary N) is 1. The zero-order valence-corrected chi connectivity index (χ0v) is 19.2. The van der Waals surface area contributed by atoms with Gasteiger partial charge < -0.3 is 30.7 Å². The maximum absolute atomic E-state index is 11.2. The van der Waals surface area contributed by atoms with Gasteiger partial charge in [0.2, 0.25) is 5.16 Å². The number of benzene rings is 2. The Bertz CT molecular complexity index is 1070. The van der Waals surface area contributed by atoms with Crippen molar-refractivity contribution in [2.24, 2.45) is 12.8 Å². The molecule has 0 saturated carbocycles. The van der Waals surface area contributed by atoms with Gasteiger partial charge in [-0.05, 0) is 48.7 Å². The van der Waals surface area contributed by atoms with Gasteiger partial charge in [-0.3, -0.25) is 4.79 Å². The number of hydrogen-bond donors (Lipinski definition) is 4. The number of hydrogen-bond acceptors (Lipinski definition) is 9. The summed E-state index contributed by atoms with van der Waals surface area (Å²) in [6.07, 6.45) is 1.22. The molecule has 0 aliphatic rings. The van der Waals surface area contributed by atoms with Crippen LogP contribution in [0.5, 0.6) is 17.2 Å². The first-order valence-electron chi connectivity index (χ1n) is 10.2. The molecule has 176 valence electrons. The highest BCUT2D eigenvalue weighted by atomic mass is 32.2. The van der Waals surface area contributed by atoms with Crippen LogP contribution in [-0.2, 0) is 7.05 Å². The topological polar surface area (TPSA) is 145 Å². The van der Waals surface area contributed by atoms with Crippen molar-refractivity contribution in [3.63, 3.8) is 0 Å². The van der Waals surface area contributed by atoms with Gasteiger partial charge >= 0.3 is 0 Å². The highest BCUT2D eigenvalue weighted by Gasteiger charge is 2.11. The molecule has 5 N–H and O–H groups in total. The first kappa shape index (κ1) is 24.4. The third-order valence-electron chi connectivity index (χ3n) is 4.64. The minimum atomic E-state index is -0.729. The molecule has 1 aromatic heterocycles. The van der Waals surface area contributed by atoms with Gasteiger partial charge in [0.25, 0.3) is 5.91 Å². The number of amides is 1. The Labute approximate surface area is 195 Å². The number of nitrogens with zero attached hydrogens (tertiary/aromatic N) is 3. The van der Waals surface area contributed by atoms with Crippen molar-refractivity contribution in [3.05, 3.63) is 48.0 Å². The number of aliphatic hydroxyl groups is 1. The average Bonchev–Trinajstić information content (AvgIpc) is 3.19. The summed E-state index contributed by atoms with van der Waals surface area (Å²) >= 11 is 1.49. The third kappa shape index (κ3) is 6.85. The standard InChI is InChI=1S/C22H27N5O5S/c1-27-21(25-22(26-27)33-2)14-3-5-16(6-4-14)32-13-15(28)12-24-9-10-31-17-7-8-19(29)18(11-17)20(23)30/h3-8,11,15,24,28-29H,9-10,12-13H2,1-2H3,(H2,23,30). The predicted molar refractivity (Wildman–Crippen MR) is 125 cm³/mol. The molecule has 0 saturated heterocycles. The Balaban J connectivity index is 1.37. The number of phenols is 1. The van der Waals surface area contributed by atoms with Crippen LogP contribution in [0.1, 0.15) is 10.4 Å². The summed E-state index contributed by atoms with van der Waals surface area (Å²) in [5, 5.41) is 27.8. The van der Waals surface area contributed by atoms with Crippen LogP contribution in [0.2, 0.25) is 0 Å². The quantitative estimate of drug-likeness (QED) is 0.227. The summed E-state index contributed by atoms with van der Waals surface area (Å²) in [4.78, 5) is 15.7. The zero-order valence-electron chi connectivity index (χ0n) is 18.4. The van der Waals surface area contributed by atoms with Gasteiger partial charge in [-0.15, -0.1) is 5.10 Å². The number of thioether (sulfide) groups is 1. The van der Waals surface area contributed by atoms with Crippen LogP contribution in [0.4, 0.5) is 0 Å². The van der Waals surface area contributed by atoms with E-state index < -0.39 is 12.0 Å². The van der Waals surface area contributed by atoms with Crippen LogP contribution in [-0.4, -0.2) is 69.5 Å². The van der Waals surface area contributed by atoms with E-state index >= 15 is 0 Å². The van der Waals surface area contributed by atoms with E-state index in [0.29, 0.717) is 36.4 Å². The van der Waals surface area contributed by atoms with Gasteiger partial charge in [0, 0.05) is 25.7 Å². The fraction of sp³-hybridized carbons (Fsp3) is 0.318. The molecule has 0 radical (unpaired) electrons. The molecule has 2 aromatic carbocycles. The second-order valence-corrected chi connectivity index (χ2v) is 7.90. The second-order valence-electron chi connectivity index (χ2n) is 7.13. The van der Waals surface area contributed by atoms with E-state index in [1.54, 1.807) is 10.7 Å². The Morgan fingerprint density at radius 2 is 1.94 bits per heavy atom. The summed E-state index contributed by atoms with van der Waals surface area (Å²) in [6.45, 7) is 1.22. The molecule has 3 rings (SSSR count). The van der Waals surface area contributed by atoms with Crippen LogP contribution in [0.25, 0.3) is 11.4 Å². The van der Waals surface area contributed by atoms with Gasteiger partial charge in [0.15, 0.2) is 5.82 Å². The lowest BCUT2D eigenvalue weighted by molar-refractivity contribution is 0.0996. The summed E-state index contributed by atoms with van der Waals surface area (Å²) in [5.41, 5.74) is 6.13. The normalized spacial score (nSPS) is 11.8. The predicted octanol–water partition coefficient (Wildman–Crippen LogP) is 1.42. The van der Waals surface area contributed by atoms with Crippen LogP contribution < -0.4 is 20.5 Å². The zero-order chi connectivity index (χ0) is 23.8. The lowest BCUT2D eigenvalue weighted by atomic mass is 10.2. The minimum Gasteiger partial charge on any atom is -0.507 e. The number of nitrogens with two attached hydrogens (primary N) is 1. The van der Waals surface area contributed by atoms with Crippen molar-refractivity contribution in [1.82, 2.24) is 20.1 Å². The monoisotopic (exact) mass is 473 g/mol. The second kappa shape index (κ2) is 11.5. The average molecular weight is 474 g/mol. The molecule has 0 bridgehead atoms. The number of carbonyl (C=O) groups excluding carboxylic acids is 1. The van der Waals surface area contributed by atoms with Crippen LogP contribution in [0.15, 0.2) is 47.6 Å². The molecule has 0 spiro atoms. The summed E-state index contributed by atoms with van der Waals surface area (Å²) in [5.74, 6) is 0.916. The van der Waals surface area contributed by atoms with E-state index in [-0.39, 0.29) is 17.9 Å². The van der Waals surface area contributed by atoms with E-state index in [4.69, 9.17) is 15.2 Å². The number of carbonyl (C=O) groups is 1. The Kier molecular flexibility index (Phi) is 8.52. The maximum atomic E-state index is 11.2.